The summed E-state index contributed by atoms with van der Waals surface area (Å²) in [6.45, 7) is 2.90. The van der Waals surface area contributed by atoms with Gasteiger partial charge in [0.2, 0.25) is 0 Å². The molecule has 2 unspecified atom stereocenters. The topological polar surface area (TPSA) is 72.5 Å². The molecule has 0 saturated heterocycles. The Morgan fingerprint density at radius 3 is 2.85 bits per heavy atom. The van der Waals surface area contributed by atoms with Crippen LogP contribution in [-0.4, -0.2) is 24.2 Å². The number of ether oxygens (including phenoxy) is 1. The maximum Gasteiger partial charge on any atom is 0.303 e. The van der Waals surface area contributed by atoms with Crippen LogP contribution >= 0.6 is 0 Å². The van der Waals surface area contributed by atoms with E-state index in [0.29, 0.717) is 24.8 Å². The zero-order valence-electron chi connectivity index (χ0n) is 11.7. The van der Waals surface area contributed by atoms with Crippen molar-refractivity contribution < 1.29 is 19.0 Å². The molecule has 4 nitrogen and oxygen atoms in total. The molecule has 0 aliphatic rings. The van der Waals surface area contributed by atoms with Crippen LogP contribution in [0.1, 0.15) is 26.2 Å². The highest BCUT2D eigenvalue weighted by molar-refractivity contribution is 5.67. The molecule has 20 heavy (non-hydrogen) atoms. The van der Waals surface area contributed by atoms with Crippen molar-refractivity contribution in [2.75, 3.05) is 13.2 Å². The fourth-order valence-corrected chi connectivity index (χ4v) is 2.13. The van der Waals surface area contributed by atoms with Gasteiger partial charge in [-0.25, -0.2) is 4.39 Å². The molecule has 0 heterocycles. The van der Waals surface area contributed by atoms with Crippen LogP contribution in [0.4, 0.5) is 4.39 Å². The number of halogens is 1. The van der Waals surface area contributed by atoms with Crippen LogP contribution in [-0.2, 0) is 4.79 Å². The molecule has 0 saturated carbocycles. The van der Waals surface area contributed by atoms with Crippen LogP contribution in [0.2, 0.25) is 0 Å². The van der Waals surface area contributed by atoms with E-state index < -0.39 is 5.97 Å². The smallest absolute Gasteiger partial charge is 0.303 e. The fourth-order valence-electron chi connectivity index (χ4n) is 2.13. The molecule has 112 valence electrons. The Bertz CT molecular complexity index is 425. The molecule has 2 atom stereocenters. The van der Waals surface area contributed by atoms with E-state index in [9.17, 15) is 9.18 Å². The highest BCUT2D eigenvalue weighted by Crippen LogP contribution is 2.19. The summed E-state index contributed by atoms with van der Waals surface area (Å²) in [7, 11) is 0. The molecule has 0 amide bonds. The van der Waals surface area contributed by atoms with Gasteiger partial charge in [-0.3, -0.25) is 4.79 Å². The molecule has 1 aromatic rings. The van der Waals surface area contributed by atoms with E-state index in [0.717, 1.165) is 12.8 Å². The van der Waals surface area contributed by atoms with Crippen LogP contribution < -0.4 is 10.5 Å². The molecule has 0 aromatic heterocycles. The summed E-state index contributed by atoms with van der Waals surface area (Å²) in [5.74, 6) is -0.310. The Morgan fingerprint density at radius 1 is 1.50 bits per heavy atom. The zero-order valence-corrected chi connectivity index (χ0v) is 11.7. The van der Waals surface area contributed by atoms with Gasteiger partial charge in [0, 0.05) is 12.5 Å². The second kappa shape index (κ2) is 8.53. The summed E-state index contributed by atoms with van der Waals surface area (Å²) in [6, 6.07) is 6.03. The predicted molar refractivity (Wildman–Crippen MR) is 75.1 cm³/mol. The number of rotatable bonds is 9. The SMILES string of the molecule is CC(CCOc1cccc(F)c1)CC(CN)CC(=O)O. The molecule has 0 fully saturated rings. The number of carboxylic acid groups (broad SMARTS) is 1. The Balaban J connectivity index is 2.28. The maximum absolute atomic E-state index is 12.9. The third kappa shape index (κ3) is 6.52. The average Bonchev–Trinajstić information content (AvgIpc) is 2.37. The number of benzene rings is 1. The van der Waals surface area contributed by atoms with Gasteiger partial charge in [0.05, 0.1) is 6.61 Å². The van der Waals surface area contributed by atoms with Crippen molar-refractivity contribution >= 4 is 5.97 Å². The molecule has 0 radical (unpaired) electrons. The summed E-state index contributed by atoms with van der Waals surface area (Å²) < 4.78 is 18.4. The van der Waals surface area contributed by atoms with Gasteiger partial charge >= 0.3 is 5.97 Å². The lowest BCUT2D eigenvalue weighted by Crippen LogP contribution is -2.21. The fraction of sp³-hybridized carbons (Fsp3) is 0.533. The quantitative estimate of drug-likeness (QED) is 0.731. The maximum atomic E-state index is 12.9. The molecular formula is C15H22FNO3. The highest BCUT2D eigenvalue weighted by atomic mass is 19.1. The van der Waals surface area contributed by atoms with Crippen LogP contribution in [0.15, 0.2) is 24.3 Å². The number of carbonyl (C=O) groups is 1. The number of hydrogen-bond donors (Lipinski definition) is 2. The first kappa shape index (κ1) is 16.4. The van der Waals surface area contributed by atoms with E-state index in [1.165, 1.54) is 12.1 Å². The first-order valence-electron chi connectivity index (χ1n) is 6.81. The Labute approximate surface area is 118 Å². The molecule has 0 bridgehead atoms. The van der Waals surface area contributed by atoms with E-state index in [2.05, 4.69) is 0 Å². The third-order valence-corrected chi connectivity index (χ3v) is 3.21. The van der Waals surface area contributed by atoms with Crippen molar-refractivity contribution in [1.82, 2.24) is 0 Å². The number of aliphatic carboxylic acids is 1. The predicted octanol–water partition coefficient (Wildman–Crippen LogP) is 2.67. The van der Waals surface area contributed by atoms with Gasteiger partial charge < -0.3 is 15.6 Å². The van der Waals surface area contributed by atoms with Crippen molar-refractivity contribution in [3.8, 4) is 5.75 Å². The van der Waals surface area contributed by atoms with E-state index in [1.807, 2.05) is 6.92 Å². The molecule has 0 spiro atoms. The normalized spacial score (nSPS) is 13.8. The van der Waals surface area contributed by atoms with E-state index in [1.54, 1.807) is 12.1 Å². The minimum absolute atomic E-state index is 0.00308. The van der Waals surface area contributed by atoms with Crippen molar-refractivity contribution in [1.29, 1.82) is 0 Å². The Hall–Kier alpha value is -1.62. The van der Waals surface area contributed by atoms with Gasteiger partial charge in [0.25, 0.3) is 0 Å². The lowest BCUT2D eigenvalue weighted by atomic mass is 9.91. The van der Waals surface area contributed by atoms with Crippen molar-refractivity contribution in [3.63, 3.8) is 0 Å². The van der Waals surface area contributed by atoms with Crippen LogP contribution in [0.3, 0.4) is 0 Å². The molecule has 3 N–H and O–H groups in total. The number of carboxylic acids is 1. The summed E-state index contributed by atoms with van der Waals surface area (Å²) in [6.07, 6.45) is 1.65. The van der Waals surface area contributed by atoms with Crippen LogP contribution in [0.25, 0.3) is 0 Å². The summed E-state index contributed by atoms with van der Waals surface area (Å²) >= 11 is 0. The third-order valence-electron chi connectivity index (χ3n) is 3.21. The lowest BCUT2D eigenvalue weighted by Gasteiger charge is -2.18. The second-order valence-electron chi connectivity index (χ2n) is 5.13. The number of nitrogens with two attached hydrogens (primary N) is 1. The molecule has 0 aliphatic heterocycles. The van der Waals surface area contributed by atoms with Crippen LogP contribution in [0.5, 0.6) is 5.75 Å². The molecule has 1 rings (SSSR count). The molecule has 1 aromatic carbocycles. The molecule has 0 aliphatic carbocycles. The summed E-state index contributed by atoms with van der Waals surface area (Å²) in [5.41, 5.74) is 5.57. The van der Waals surface area contributed by atoms with Gasteiger partial charge in [-0.1, -0.05) is 13.0 Å². The molecular weight excluding hydrogens is 261 g/mol. The van der Waals surface area contributed by atoms with E-state index in [-0.39, 0.29) is 18.2 Å². The Kier molecular flexibility index (Phi) is 7.01. The lowest BCUT2D eigenvalue weighted by molar-refractivity contribution is -0.138. The number of hydrogen-bond acceptors (Lipinski definition) is 3. The first-order valence-corrected chi connectivity index (χ1v) is 6.81. The van der Waals surface area contributed by atoms with E-state index >= 15 is 0 Å². The zero-order chi connectivity index (χ0) is 15.0. The Morgan fingerprint density at radius 2 is 2.25 bits per heavy atom. The first-order chi connectivity index (χ1) is 9.51. The minimum Gasteiger partial charge on any atom is -0.493 e. The second-order valence-corrected chi connectivity index (χ2v) is 5.13. The van der Waals surface area contributed by atoms with Crippen molar-refractivity contribution in [2.45, 2.75) is 26.2 Å². The highest BCUT2D eigenvalue weighted by Gasteiger charge is 2.15. The van der Waals surface area contributed by atoms with E-state index in [4.69, 9.17) is 15.6 Å². The van der Waals surface area contributed by atoms with Gasteiger partial charge in [-0.05, 0) is 43.4 Å². The van der Waals surface area contributed by atoms with Gasteiger partial charge in [0.1, 0.15) is 11.6 Å². The van der Waals surface area contributed by atoms with Crippen LogP contribution in [0, 0.1) is 17.7 Å². The molecule has 5 heteroatoms. The largest absolute Gasteiger partial charge is 0.493 e. The average molecular weight is 283 g/mol. The standard InChI is InChI=1S/C15H22FNO3/c1-11(7-12(10-17)8-15(18)19)5-6-20-14-4-2-3-13(16)9-14/h2-4,9,11-12H,5-8,10,17H2,1H3,(H,18,19). The summed E-state index contributed by atoms with van der Waals surface area (Å²) in [4.78, 5) is 10.7. The van der Waals surface area contributed by atoms with Crippen molar-refractivity contribution in [3.05, 3.63) is 30.1 Å². The summed E-state index contributed by atoms with van der Waals surface area (Å²) in [5, 5.41) is 8.76. The monoisotopic (exact) mass is 283 g/mol. The van der Waals surface area contributed by atoms with Gasteiger partial charge in [-0.15, -0.1) is 0 Å². The van der Waals surface area contributed by atoms with Gasteiger partial charge in [0.15, 0.2) is 0 Å². The van der Waals surface area contributed by atoms with Gasteiger partial charge in [-0.2, -0.15) is 0 Å². The minimum atomic E-state index is -0.816. The van der Waals surface area contributed by atoms with Crippen molar-refractivity contribution in [2.24, 2.45) is 17.6 Å².